The predicted octanol–water partition coefficient (Wildman–Crippen LogP) is 3.77. The number of hydrogen-bond donors (Lipinski definition) is 0. The SMILES string of the molecule is COc1cc(C=CCCBr)cc(F)c1F. The summed E-state index contributed by atoms with van der Waals surface area (Å²) in [5, 5.41) is 0.838. The van der Waals surface area contributed by atoms with Crippen molar-refractivity contribution in [3.8, 4) is 5.75 Å². The minimum Gasteiger partial charge on any atom is -0.494 e. The van der Waals surface area contributed by atoms with E-state index >= 15 is 0 Å². The van der Waals surface area contributed by atoms with Gasteiger partial charge in [-0.3, -0.25) is 0 Å². The molecule has 0 unspecified atom stereocenters. The molecule has 0 aromatic heterocycles. The van der Waals surface area contributed by atoms with Crippen LogP contribution in [-0.4, -0.2) is 12.4 Å². The zero-order valence-electron chi connectivity index (χ0n) is 8.27. The Kier molecular flexibility index (Phi) is 4.75. The molecule has 1 aromatic rings. The number of benzene rings is 1. The van der Waals surface area contributed by atoms with E-state index in [0.717, 1.165) is 17.8 Å². The maximum atomic E-state index is 13.0. The quantitative estimate of drug-likeness (QED) is 0.761. The molecule has 4 heteroatoms. The van der Waals surface area contributed by atoms with Gasteiger partial charge in [-0.05, 0) is 24.1 Å². The van der Waals surface area contributed by atoms with Crippen LogP contribution < -0.4 is 4.74 Å². The summed E-state index contributed by atoms with van der Waals surface area (Å²) in [6.45, 7) is 0. The van der Waals surface area contributed by atoms with Gasteiger partial charge in [-0.1, -0.05) is 28.1 Å². The summed E-state index contributed by atoms with van der Waals surface area (Å²) in [6, 6.07) is 2.60. The van der Waals surface area contributed by atoms with Gasteiger partial charge in [-0.15, -0.1) is 0 Å². The molecule has 0 atom stereocenters. The Morgan fingerprint density at radius 3 is 2.73 bits per heavy atom. The van der Waals surface area contributed by atoms with Crippen molar-refractivity contribution in [2.75, 3.05) is 12.4 Å². The zero-order chi connectivity index (χ0) is 11.3. The molecule has 1 nitrogen and oxygen atoms in total. The molecule has 15 heavy (non-hydrogen) atoms. The normalized spacial score (nSPS) is 10.9. The minimum atomic E-state index is -0.949. The first kappa shape index (κ1) is 12.2. The lowest BCUT2D eigenvalue weighted by Crippen LogP contribution is -1.93. The van der Waals surface area contributed by atoms with E-state index in [9.17, 15) is 8.78 Å². The van der Waals surface area contributed by atoms with E-state index in [1.807, 2.05) is 6.08 Å². The van der Waals surface area contributed by atoms with Crippen molar-refractivity contribution in [2.45, 2.75) is 6.42 Å². The Bertz CT molecular complexity index is 364. The van der Waals surface area contributed by atoms with Gasteiger partial charge in [0.15, 0.2) is 11.6 Å². The highest BCUT2D eigenvalue weighted by atomic mass is 79.9. The van der Waals surface area contributed by atoms with Crippen molar-refractivity contribution < 1.29 is 13.5 Å². The van der Waals surface area contributed by atoms with Crippen molar-refractivity contribution in [3.05, 3.63) is 35.4 Å². The summed E-state index contributed by atoms with van der Waals surface area (Å²) >= 11 is 3.27. The molecule has 82 valence electrons. The summed E-state index contributed by atoms with van der Waals surface area (Å²) in [5.41, 5.74) is 0.590. The second-order valence-electron chi connectivity index (χ2n) is 2.90. The average Bonchev–Trinajstić information content (AvgIpc) is 2.23. The van der Waals surface area contributed by atoms with E-state index < -0.39 is 11.6 Å². The van der Waals surface area contributed by atoms with Crippen LogP contribution in [0.4, 0.5) is 8.78 Å². The molecule has 0 fully saturated rings. The van der Waals surface area contributed by atoms with Gasteiger partial charge in [0.25, 0.3) is 0 Å². The van der Waals surface area contributed by atoms with Crippen LogP contribution in [0.15, 0.2) is 18.2 Å². The van der Waals surface area contributed by atoms with Crippen molar-refractivity contribution in [3.63, 3.8) is 0 Å². The third kappa shape index (κ3) is 3.30. The van der Waals surface area contributed by atoms with Gasteiger partial charge in [0.1, 0.15) is 0 Å². The van der Waals surface area contributed by atoms with Crippen LogP contribution in [-0.2, 0) is 0 Å². The number of hydrogen-bond acceptors (Lipinski definition) is 1. The highest BCUT2D eigenvalue weighted by Crippen LogP contribution is 2.22. The van der Waals surface area contributed by atoms with Crippen LogP contribution in [0.2, 0.25) is 0 Å². The largest absolute Gasteiger partial charge is 0.494 e. The highest BCUT2D eigenvalue weighted by molar-refractivity contribution is 9.09. The summed E-state index contributed by atoms with van der Waals surface area (Å²) in [4.78, 5) is 0. The fourth-order valence-electron chi connectivity index (χ4n) is 1.11. The molecule has 0 saturated heterocycles. The second-order valence-corrected chi connectivity index (χ2v) is 3.69. The van der Waals surface area contributed by atoms with Crippen LogP contribution in [0.3, 0.4) is 0 Å². The molecule has 0 aliphatic rings. The third-order valence-corrected chi connectivity index (χ3v) is 2.28. The Morgan fingerprint density at radius 1 is 1.40 bits per heavy atom. The number of rotatable bonds is 4. The first-order valence-corrected chi connectivity index (χ1v) is 5.56. The molecule has 0 bridgehead atoms. The lowest BCUT2D eigenvalue weighted by molar-refractivity contribution is 0.371. The van der Waals surface area contributed by atoms with E-state index in [0.29, 0.717) is 5.56 Å². The van der Waals surface area contributed by atoms with E-state index in [2.05, 4.69) is 15.9 Å². The molecule has 0 spiro atoms. The van der Waals surface area contributed by atoms with Gasteiger partial charge in [-0.25, -0.2) is 4.39 Å². The first-order valence-electron chi connectivity index (χ1n) is 4.44. The maximum absolute atomic E-state index is 13.0. The number of allylic oxidation sites excluding steroid dienone is 1. The maximum Gasteiger partial charge on any atom is 0.200 e. The molecule has 0 heterocycles. The van der Waals surface area contributed by atoms with E-state index in [1.165, 1.54) is 13.2 Å². The average molecular weight is 277 g/mol. The molecule has 0 aliphatic heterocycles. The molecule has 0 amide bonds. The molecule has 0 saturated carbocycles. The zero-order valence-corrected chi connectivity index (χ0v) is 9.85. The molecule has 0 N–H and O–H groups in total. The van der Waals surface area contributed by atoms with Crippen molar-refractivity contribution in [1.82, 2.24) is 0 Å². The summed E-state index contributed by atoms with van der Waals surface area (Å²) in [6.07, 6.45) is 4.44. The summed E-state index contributed by atoms with van der Waals surface area (Å²) < 4.78 is 30.8. The highest BCUT2D eigenvalue weighted by Gasteiger charge is 2.09. The molecular weight excluding hydrogens is 266 g/mol. The Morgan fingerprint density at radius 2 is 2.13 bits per heavy atom. The second kappa shape index (κ2) is 5.85. The molecular formula is C11H11BrF2O. The number of halogens is 3. The molecule has 1 rings (SSSR count). The summed E-state index contributed by atoms with van der Waals surface area (Å²) in [5.74, 6) is -1.92. The lowest BCUT2D eigenvalue weighted by Gasteiger charge is -2.03. The van der Waals surface area contributed by atoms with Crippen molar-refractivity contribution in [2.24, 2.45) is 0 Å². The van der Waals surface area contributed by atoms with E-state index in [1.54, 1.807) is 6.08 Å². The standard InChI is InChI=1S/C11H11BrF2O/c1-15-10-7-8(4-2-3-5-12)6-9(13)11(10)14/h2,4,6-7H,3,5H2,1H3. The van der Waals surface area contributed by atoms with E-state index in [4.69, 9.17) is 4.74 Å². The first-order chi connectivity index (χ1) is 7.19. The molecule has 0 aliphatic carbocycles. The third-order valence-electron chi connectivity index (χ3n) is 1.82. The van der Waals surface area contributed by atoms with Gasteiger partial charge >= 0.3 is 0 Å². The fraction of sp³-hybridized carbons (Fsp3) is 0.273. The molecule has 1 aromatic carbocycles. The van der Waals surface area contributed by atoms with Crippen LogP contribution in [0.5, 0.6) is 5.75 Å². The fourth-order valence-corrected chi connectivity index (χ4v) is 1.38. The van der Waals surface area contributed by atoms with Crippen LogP contribution in [0.25, 0.3) is 6.08 Å². The Labute approximate surface area is 95.9 Å². The van der Waals surface area contributed by atoms with Crippen LogP contribution in [0.1, 0.15) is 12.0 Å². The predicted molar refractivity (Wildman–Crippen MR) is 60.4 cm³/mol. The van der Waals surface area contributed by atoms with Crippen molar-refractivity contribution >= 4 is 22.0 Å². The summed E-state index contributed by atoms with van der Waals surface area (Å²) in [7, 11) is 1.31. The van der Waals surface area contributed by atoms with Gasteiger partial charge < -0.3 is 4.74 Å². The van der Waals surface area contributed by atoms with Gasteiger partial charge in [0, 0.05) is 5.33 Å². The smallest absolute Gasteiger partial charge is 0.200 e. The Balaban J connectivity index is 2.95. The van der Waals surface area contributed by atoms with Gasteiger partial charge in [-0.2, -0.15) is 4.39 Å². The van der Waals surface area contributed by atoms with Crippen LogP contribution >= 0.6 is 15.9 Å². The minimum absolute atomic E-state index is 0.0755. The van der Waals surface area contributed by atoms with Gasteiger partial charge in [0.05, 0.1) is 7.11 Å². The monoisotopic (exact) mass is 276 g/mol. The van der Waals surface area contributed by atoms with Crippen molar-refractivity contribution in [1.29, 1.82) is 0 Å². The number of ether oxygens (including phenoxy) is 1. The van der Waals surface area contributed by atoms with Crippen LogP contribution in [0, 0.1) is 11.6 Å². The number of methoxy groups -OCH3 is 1. The van der Waals surface area contributed by atoms with E-state index in [-0.39, 0.29) is 5.75 Å². The van der Waals surface area contributed by atoms with Gasteiger partial charge in [0.2, 0.25) is 5.82 Å². The lowest BCUT2D eigenvalue weighted by atomic mass is 10.2. The topological polar surface area (TPSA) is 9.23 Å². The molecule has 0 radical (unpaired) electrons. The number of alkyl halides is 1. The Hall–Kier alpha value is -0.900.